The minimum atomic E-state index is -3.36. The van der Waals surface area contributed by atoms with E-state index in [1.54, 1.807) is 44.2 Å². The van der Waals surface area contributed by atoms with Gasteiger partial charge in [-0.1, -0.05) is 36.7 Å². The summed E-state index contributed by atoms with van der Waals surface area (Å²) in [5, 5.41) is 5.89. The smallest absolute Gasteiger partial charge is 0.242 e. The van der Waals surface area contributed by atoms with Gasteiger partial charge >= 0.3 is 0 Å². The molecule has 1 atom stereocenters. The summed E-state index contributed by atoms with van der Waals surface area (Å²) in [6.07, 6.45) is 0.716. The molecular formula is C20H21ClFN3O3S. The van der Waals surface area contributed by atoms with Crippen molar-refractivity contribution in [2.45, 2.75) is 32.7 Å². The summed E-state index contributed by atoms with van der Waals surface area (Å²) < 4.78 is 39.4. The van der Waals surface area contributed by atoms with Crippen LogP contribution in [0.3, 0.4) is 0 Å². The van der Waals surface area contributed by atoms with Crippen LogP contribution in [-0.4, -0.2) is 30.8 Å². The highest BCUT2D eigenvalue weighted by Gasteiger charge is 2.32. The van der Waals surface area contributed by atoms with Crippen LogP contribution in [0.15, 0.2) is 47.6 Å². The molecule has 0 radical (unpaired) electrons. The molecule has 1 aliphatic heterocycles. The zero-order chi connectivity index (χ0) is 21.2. The summed E-state index contributed by atoms with van der Waals surface area (Å²) in [6, 6.07) is 10.8. The van der Waals surface area contributed by atoms with Crippen LogP contribution >= 0.6 is 11.6 Å². The zero-order valence-corrected chi connectivity index (χ0v) is 17.6. The Morgan fingerprint density at radius 1 is 1.24 bits per heavy atom. The first kappa shape index (κ1) is 21.3. The molecule has 1 heterocycles. The van der Waals surface area contributed by atoms with Crippen molar-refractivity contribution >= 4 is 38.9 Å². The predicted molar refractivity (Wildman–Crippen MR) is 112 cm³/mol. The number of halogens is 2. The van der Waals surface area contributed by atoms with Gasteiger partial charge in [0.05, 0.1) is 22.5 Å². The van der Waals surface area contributed by atoms with Crippen LogP contribution in [0.5, 0.6) is 0 Å². The van der Waals surface area contributed by atoms with Crippen molar-refractivity contribution in [2.24, 2.45) is 5.10 Å². The number of anilines is 1. The number of rotatable bonds is 6. The third kappa shape index (κ3) is 4.76. The first-order valence-corrected chi connectivity index (χ1v) is 11.2. The highest BCUT2D eigenvalue weighted by molar-refractivity contribution is 7.92. The third-order valence-electron chi connectivity index (χ3n) is 4.67. The Balaban J connectivity index is 1.88. The second kappa shape index (κ2) is 8.51. The van der Waals surface area contributed by atoms with E-state index < -0.39 is 15.8 Å². The number of hydrazone groups is 1. The molecule has 0 saturated heterocycles. The molecule has 6 nitrogen and oxygen atoms in total. The summed E-state index contributed by atoms with van der Waals surface area (Å²) in [7, 11) is -3.36. The minimum absolute atomic E-state index is 0.00703. The monoisotopic (exact) mass is 437 g/mol. The van der Waals surface area contributed by atoms with Crippen LogP contribution in [0, 0.1) is 5.82 Å². The standard InChI is InChI=1S/C20H21ClFN3O3S/c1-3-20(26)25-19(14-7-10-17(22)16(21)11-14)12-18(23-25)13-5-8-15(9-6-13)24-29(27,28)4-2/h5-11,19,24H,3-4,12H2,1-2H3/t19-/m0/s1. The van der Waals surface area contributed by atoms with E-state index in [-0.39, 0.29) is 29.1 Å². The molecule has 0 spiro atoms. The van der Waals surface area contributed by atoms with Crippen molar-refractivity contribution in [1.29, 1.82) is 0 Å². The van der Waals surface area contributed by atoms with Gasteiger partial charge in [-0.25, -0.2) is 17.8 Å². The molecule has 1 N–H and O–H groups in total. The number of sulfonamides is 1. The van der Waals surface area contributed by atoms with Gasteiger partial charge in [0.1, 0.15) is 5.82 Å². The van der Waals surface area contributed by atoms with Crippen LogP contribution in [0.25, 0.3) is 0 Å². The molecule has 0 aliphatic carbocycles. The van der Waals surface area contributed by atoms with Gasteiger partial charge in [-0.15, -0.1) is 0 Å². The Hall–Kier alpha value is -2.45. The van der Waals surface area contributed by atoms with Crippen LogP contribution in [0.1, 0.15) is 43.9 Å². The molecule has 1 aliphatic rings. The summed E-state index contributed by atoms with van der Waals surface area (Å²) in [4.78, 5) is 12.4. The van der Waals surface area contributed by atoms with Crippen LogP contribution in [0.2, 0.25) is 5.02 Å². The SMILES string of the molecule is CCC(=O)N1N=C(c2ccc(NS(=O)(=O)CC)cc2)C[C@H]1c1ccc(F)c(Cl)c1. The second-order valence-electron chi connectivity index (χ2n) is 6.61. The number of carbonyl (C=O) groups excluding carboxylic acids is 1. The van der Waals surface area contributed by atoms with Crippen molar-refractivity contribution in [3.05, 3.63) is 64.4 Å². The zero-order valence-electron chi connectivity index (χ0n) is 16.0. The first-order valence-electron chi connectivity index (χ1n) is 9.19. The molecule has 2 aromatic carbocycles. The Kier molecular flexibility index (Phi) is 6.24. The van der Waals surface area contributed by atoms with Crippen LogP contribution < -0.4 is 4.72 Å². The molecule has 1 amide bonds. The van der Waals surface area contributed by atoms with E-state index in [2.05, 4.69) is 9.82 Å². The Labute approximate surface area is 174 Å². The topological polar surface area (TPSA) is 78.8 Å². The van der Waals surface area contributed by atoms with Gasteiger partial charge in [-0.2, -0.15) is 5.10 Å². The summed E-state index contributed by atoms with van der Waals surface area (Å²) >= 11 is 5.92. The molecule has 0 bridgehead atoms. The molecule has 9 heteroatoms. The largest absolute Gasteiger partial charge is 0.284 e. The minimum Gasteiger partial charge on any atom is -0.284 e. The number of hydrogen-bond acceptors (Lipinski definition) is 4. The lowest BCUT2D eigenvalue weighted by Gasteiger charge is -2.21. The van der Waals surface area contributed by atoms with Gasteiger partial charge in [0.2, 0.25) is 15.9 Å². The van der Waals surface area contributed by atoms with E-state index in [1.165, 1.54) is 17.1 Å². The van der Waals surface area contributed by atoms with E-state index >= 15 is 0 Å². The number of carbonyl (C=O) groups is 1. The molecule has 154 valence electrons. The average molecular weight is 438 g/mol. The quantitative estimate of drug-likeness (QED) is 0.730. The van der Waals surface area contributed by atoms with E-state index in [4.69, 9.17) is 11.6 Å². The second-order valence-corrected chi connectivity index (χ2v) is 9.03. The molecule has 2 aromatic rings. The van der Waals surface area contributed by atoms with Crippen molar-refractivity contribution in [1.82, 2.24) is 5.01 Å². The Bertz CT molecular complexity index is 1060. The van der Waals surface area contributed by atoms with Gasteiger partial charge in [0.25, 0.3) is 0 Å². The lowest BCUT2D eigenvalue weighted by atomic mass is 9.98. The summed E-state index contributed by atoms with van der Waals surface area (Å²) in [5.74, 6) is -0.692. The Morgan fingerprint density at radius 2 is 1.93 bits per heavy atom. The van der Waals surface area contributed by atoms with E-state index in [0.29, 0.717) is 23.4 Å². The maximum Gasteiger partial charge on any atom is 0.242 e. The normalized spacial score (nSPS) is 16.6. The first-order chi connectivity index (χ1) is 13.7. The van der Waals surface area contributed by atoms with E-state index in [9.17, 15) is 17.6 Å². The van der Waals surface area contributed by atoms with E-state index in [1.807, 2.05) is 0 Å². The van der Waals surface area contributed by atoms with Crippen molar-refractivity contribution in [2.75, 3.05) is 10.5 Å². The van der Waals surface area contributed by atoms with Gasteiger partial charge in [-0.3, -0.25) is 9.52 Å². The number of hydrogen-bond donors (Lipinski definition) is 1. The molecule has 3 rings (SSSR count). The van der Waals surface area contributed by atoms with Crippen LogP contribution in [0.4, 0.5) is 10.1 Å². The van der Waals surface area contributed by atoms with Crippen molar-refractivity contribution < 1.29 is 17.6 Å². The molecule has 0 aromatic heterocycles. The van der Waals surface area contributed by atoms with Crippen LogP contribution in [-0.2, 0) is 14.8 Å². The molecule has 0 saturated carbocycles. The van der Waals surface area contributed by atoms with Gasteiger partial charge < -0.3 is 0 Å². The van der Waals surface area contributed by atoms with Gasteiger partial charge in [0.15, 0.2) is 0 Å². The lowest BCUT2D eigenvalue weighted by molar-refractivity contribution is -0.132. The third-order valence-corrected chi connectivity index (χ3v) is 6.26. The fourth-order valence-electron chi connectivity index (χ4n) is 3.04. The number of nitrogens with one attached hydrogen (secondary N) is 1. The number of amides is 1. The van der Waals surface area contributed by atoms with Crippen molar-refractivity contribution in [3.63, 3.8) is 0 Å². The summed E-state index contributed by atoms with van der Waals surface area (Å²) in [5.41, 5.74) is 2.61. The number of nitrogens with zero attached hydrogens (tertiary/aromatic N) is 2. The predicted octanol–water partition coefficient (Wildman–Crippen LogP) is 4.33. The highest BCUT2D eigenvalue weighted by Crippen LogP contribution is 2.35. The van der Waals surface area contributed by atoms with Gasteiger partial charge in [0, 0.05) is 18.5 Å². The summed E-state index contributed by atoms with van der Waals surface area (Å²) in [6.45, 7) is 3.31. The molecule has 0 fully saturated rings. The van der Waals surface area contributed by atoms with E-state index in [0.717, 1.165) is 5.56 Å². The fraction of sp³-hybridized carbons (Fsp3) is 0.300. The highest BCUT2D eigenvalue weighted by atomic mass is 35.5. The number of benzene rings is 2. The Morgan fingerprint density at radius 3 is 2.52 bits per heavy atom. The van der Waals surface area contributed by atoms with Crippen molar-refractivity contribution in [3.8, 4) is 0 Å². The molecule has 0 unspecified atom stereocenters. The molecular weight excluding hydrogens is 417 g/mol. The lowest BCUT2D eigenvalue weighted by Crippen LogP contribution is -2.26. The molecule has 29 heavy (non-hydrogen) atoms. The van der Waals surface area contributed by atoms with Gasteiger partial charge in [-0.05, 0) is 42.3 Å². The maximum atomic E-state index is 13.5. The average Bonchev–Trinajstić information content (AvgIpc) is 3.15. The fourth-order valence-corrected chi connectivity index (χ4v) is 3.87. The maximum absolute atomic E-state index is 13.5.